The Hall–Kier alpha value is -2.75. The average Bonchev–Trinajstić information content (AvgIpc) is 3.85. The number of aliphatic carboxylic acids is 1. The van der Waals surface area contributed by atoms with Crippen molar-refractivity contribution in [3.63, 3.8) is 0 Å². The minimum Gasteiger partial charge on any atom is -0.480 e. The average molecular weight is 671 g/mol. The fourth-order valence-electron chi connectivity index (χ4n) is 6.63. The highest BCUT2D eigenvalue weighted by molar-refractivity contribution is 7.90. The van der Waals surface area contributed by atoms with Gasteiger partial charge in [-0.15, -0.1) is 0 Å². The second kappa shape index (κ2) is 18.1. The van der Waals surface area contributed by atoms with Gasteiger partial charge >= 0.3 is 5.97 Å². The van der Waals surface area contributed by atoms with E-state index >= 15 is 0 Å². The van der Waals surface area contributed by atoms with Gasteiger partial charge in [-0.25, -0.2) is 13.2 Å². The van der Waals surface area contributed by atoms with Gasteiger partial charge in [0.1, 0.15) is 15.9 Å². The van der Waals surface area contributed by atoms with Gasteiger partial charge in [-0.05, 0) is 85.3 Å². The van der Waals surface area contributed by atoms with Gasteiger partial charge in [-0.3, -0.25) is 9.69 Å². The number of carbonyl (C=O) groups is 2. The molecule has 2 aromatic carbocycles. The molecule has 2 saturated carbocycles. The summed E-state index contributed by atoms with van der Waals surface area (Å²) in [5, 5.41) is 12.3. The molecule has 4 rings (SSSR count). The first-order valence-electron chi connectivity index (χ1n) is 17.1. The second-order valence-corrected chi connectivity index (χ2v) is 16.3. The van der Waals surface area contributed by atoms with E-state index in [1.54, 1.807) is 6.07 Å². The number of hydrogen-bond acceptors (Lipinski definition) is 6. The number of sulfone groups is 1. The third-order valence-corrected chi connectivity index (χ3v) is 10.5. The first kappa shape index (κ1) is 38.7. The van der Waals surface area contributed by atoms with Crippen molar-refractivity contribution in [2.75, 3.05) is 25.2 Å². The maximum absolute atomic E-state index is 13.6. The Kier molecular flexibility index (Phi) is 14.9. The standard InChI is InChI=1S/C37H54N2O6S.CH4/c1-26(2)18-20-45-25-31(22-28-11-6-5-7-12-28)39(30-15-16-30)24-29-14-17-33(34(23-29)32-13-9-8-10-27(32)3)36(40)38-35(37(41)42)19-21-46(4,43)44;/h8-10,13-14,17,23,26,28,30-31,35H,5-7,11-12,15-16,18-22,24-25H2,1-4H3,(H,38,40)(H,41,42);1H4/t31-,35+;/m1./s1. The summed E-state index contributed by atoms with van der Waals surface area (Å²) in [4.78, 5) is 28.2. The van der Waals surface area contributed by atoms with Crippen molar-refractivity contribution in [3.8, 4) is 11.1 Å². The molecular formula is C38H58N2O6S. The fraction of sp³-hybridized carbons (Fsp3) is 0.632. The Bertz CT molecular complexity index is 1420. The van der Waals surface area contributed by atoms with Crippen LogP contribution >= 0.6 is 0 Å². The normalized spacial score (nSPS) is 16.9. The van der Waals surface area contributed by atoms with Crippen LogP contribution in [0.4, 0.5) is 0 Å². The van der Waals surface area contributed by atoms with Crippen molar-refractivity contribution < 1.29 is 27.9 Å². The number of aryl methyl sites for hydroxylation is 1. The lowest BCUT2D eigenvalue weighted by Crippen LogP contribution is -2.42. The molecule has 0 spiro atoms. The van der Waals surface area contributed by atoms with E-state index in [-0.39, 0.29) is 19.6 Å². The Labute approximate surface area is 283 Å². The van der Waals surface area contributed by atoms with Gasteiger partial charge in [0, 0.05) is 37.1 Å². The van der Waals surface area contributed by atoms with Gasteiger partial charge in [-0.2, -0.15) is 0 Å². The van der Waals surface area contributed by atoms with Gasteiger partial charge in [-0.1, -0.05) is 83.7 Å². The zero-order valence-electron chi connectivity index (χ0n) is 28.2. The summed E-state index contributed by atoms with van der Waals surface area (Å²) in [6.45, 7) is 8.72. The molecule has 8 nitrogen and oxygen atoms in total. The molecule has 2 atom stereocenters. The van der Waals surface area contributed by atoms with Crippen molar-refractivity contribution in [1.82, 2.24) is 10.2 Å². The lowest BCUT2D eigenvalue weighted by Gasteiger charge is -2.35. The monoisotopic (exact) mass is 670 g/mol. The minimum atomic E-state index is -3.39. The van der Waals surface area contributed by atoms with Gasteiger partial charge in [0.25, 0.3) is 5.91 Å². The summed E-state index contributed by atoms with van der Waals surface area (Å²) in [6, 6.07) is 13.3. The number of amides is 1. The molecule has 2 aliphatic carbocycles. The van der Waals surface area contributed by atoms with Gasteiger partial charge in [0.15, 0.2) is 0 Å². The van der Waals surface area contributed by atoms with E-state index in [2.05, 4.69) is 30.1 Å². The number of rotatable bonds is 18. The van der Waals surface area contributed by atoms with Crippen molar-refractivity contribution in [3.05, 3.63) is 59.2 Å². The molecule has 2 aromatic rings. The summed E-state index contributed by atoms with van der Waals surface area (Å²) in [7, 11) is -3.39. The predicted octanol–water partition coefficient (Wildman–Crippen LogP) is 7.28. The minimum absolute atomic E-state index is 0. The number of carboxylic acid groups (broad SMARTS) is 1. The Morgan fingerprint density at radius 1 is 1.00 bits per heavy atom. The number of benzene rings is 2. The summed E-state index contributed by atoms with van der Waals surface area (Å²) in [6.07, 6.45) is 12.0. The van der Waals surface area contributed by atoms with Crippen LogP contribution in [-0.4, -0.2) is 73.6 Å². The van der Waals surface area contributed by atoms with Crippen molar-refractivity contribution in [2.24, 2.45) is 11.8 Å². The van der Waals surface area contributed by atoms with Crippen LogP contribution in [0.1, 0.15) is 107 Å². The van der Waals surface area contributed by atoms with Crippen molar-refractivity contribution in [1.29, 1.82) is 0 Å². The van der Waals surface area contributed by atoms with Crippen LogP contribution in [0.5, 0.6) is 0 Å². The van der Waals surface area contributed by atoms with Crippen LogP contribution < -0.4 is 5.32 Å². The van der Waals surface area contributed by atoms with Crippen molar-refractivity contribution in [2.45, 2.75) is 117 Å². The first-order valence-corrected chi connectivity index (χ1v) is 19.2. The maximum Gasteiger partial charge on any atom is 0.326 e. The highest BCUT2D eigenvalue weighted by Gasteiger charge is 2.35. The molecule has 9 heteroatoms. The van der Waals surface area contributed by atoms with Gasteiger partial charge < -0.3 is 15.2 Å². The molecule has 1 amide bonds. The molecule has 2 fully saturated rings. The van der Waals surface area contributed by atoms with Crippen molar-refractivity contribution >= 4 is 21.7 Å². The Morgan fingerprint density at radius 2 is 1.70 bits per heavy atom. The summed E-state index contributed by atoms with van der Waals surface area (Å²) in [5.41, 5.74) is 4.13. The Balaban J connectivity index is 0.00000600. The summed E-state index contributed by atoms with van der Waals surface area (Å²) >= 11 is 0. The highest BCUT2D eigenvalue weighted by Crippen LogP contribution is 2.36. The first-order chi connectivity index (χ1) is 21.9. The smallest absolute Gasteiger partial charge is 0.326 e. The van der Waals surface area contributed by atoms with Crippen LogP contribution in [-0.2, 0) is 25.9 Å². The third-order valence-electron chi connectivity index (χ3n) is 9.47. The molecule has 0 aromatic heterocycles. The summed E-state index contributed by atoms with van der Waals surface area (Å²) in [5.74, 6) is -0.776. The number of ether oxygens (including phenoxy) is 1. The van der Waals surface area contributed by atoms with E-state index in [0.717, 1.165) is 67.0 Å². The summed E-state index contributed by atoms with van der Waals surface area (Å²) < 4.78 is 29.7. The van der Waals surface area contributed by atoms with Crippen LogP contribution in [0.25, 0.3) is 11.1 Å². The SMILES string of the molecule is C.Cc1ccccc1-c1cc(CN(C2CC2)[C@@H](COCCC(C)C)CC2CCCCC2)ccc1C(=O)N[C@@H](CCS(C)(=O)=O)C(=O)O. The Morgan fingerprint density at radius 3 is 2.32 bits per heavy atom. The lowest BCUT2D eigenvalue weighted by molar-refractivity contribution is -0.139. The van der Waals surface area contributed by atoms with Gasteiger partial charge in [0.2, 0.25) is 0 Å². The second-order valence-electron chi connectivity index (χ2n) is 14.0. The predicted molar refractivity (Wildman–Crippen MR) is 190 cm³/mol. The highest BCUT2D eigenvalue weighted by atomic mass is 32.2. The maximum atomic E-state index is 13.6. The molecule has 262 valence electrons. The molecular weight excluding hydrogens is 612 g/mol. The van der Waals surface area contributed by atoms with Crippen LogP contribution in [0, 0.1) is 18.8 Å². The number of carboxylic acids is 1. The molecule has 0 heterocycles. The fourth-order valence-corrected chi connectivity index (χ4v) is 7.29. The number of nitrogens with zero attached hydrogens (tertiary/aromatic N) is 1. The largest absolute Gasteiger partial charge is 0.480 e. The molecule has 0 aliphatic heterocycles. The van der Waals surface area contributed by atoms with E-state index < -0.39 is 27.8 Å². The van der Waals surface area contributed by atoms with E-state index in [1.165, 1.54) is 44.9 Å². The molecule has 0 unspecified atom stereocenters. The zero-order valence-corrected chi connectivity index (χ0v) is 29.0. The topological polar surface area (TPSA) is 113 Å². The molecule has 0 saturated heterocycles. The molecule has 2 aliphatic rings. The van der Waals surface area contributed by atoms with E-state index in [0.29, 0.717) is 23.6 Å². The van der Waals surface area contributed by atoms with E-state index in [1.807, 2.05) is 37.3 Å². The lowest BCUT2D eigenvalue weighted by atomic mass is 9.84. The third kappa shape index (κ3) is 12.3. The van der Waals surface area contributed by atoms with E-state index in [9.17, 15) is 23.1 Å². The molecule has 2 N–H and O–H groups in total. The number of hydrogen-bond donors (Lipinski definition) is 2. The molecule has 0 radical (unpaired) electrons. The number of nitrogens with one attached hydrogen (secondary N) is 1. The van der Waals surface area contributed by atoms with Crippen LogP contribution in [0.2, 0.25) is 0 Å². The quantitative estimate of drug-likeness (QED) is 0.160. The zero-order chi connectivity index (χ0) is 33.3. The van der Waals surface area contributed by atoms with Crippen LogP contribution in [0.15, 0.2) is 42.5 Å². The molecule has 0 bridgehead atoms. The molecule has 47 heavy (non-hydrogen) atoms. The van der Waals surface area contributed by atoms with Crippen LogP contribution in [0.3, 0.4) is 0 Å². The number of carbonyl (C=O) groups excluding carboxylic acids is 1. The van der Waals surface area contributed by atoms with Gasteiger partial charge in [0.05, 0.1) is 12.4 Å². The van der Waals surface area contributed by atoms with E-state index in [4.69, 9.17) is 4.74 Å².